The van der Waals surface area contributed by atoms with Crippen LogP contribution in [-0.4, -0.2) is 30.7 Å². The van der Waals surface area contributed by atoms with Gasteiger partial charge in [0.1, 0.15) is 11.9 Å². The normalized spacial score (nSPS) is 12.5. The van der Waals surface area contributed by atoms with Crippen LogP contribution in [0.3, 0.4) is 0 Å². The van der Waals surface area contributed by atoms with Crippen LogP contribution in [0.5, 0.6) is 11.6 Å². The van der Waals surface area contributed by atoms with Gasteiger partial charge in [0.05, 0.1) is 36.0 Å². The number of nitriles is 1. The number of anilines is 2. The van der Waals surface area contributed by atoms with Crippen molar-refractivity contribution in [2.45, 2.75) is 6.42 Å². The number of rotatable bonds is 4. The number of fused-ring (bicyclic) bond motifs is 2. The van der Waals surface area contributed by atoms with Gasteiger partial charge in [-0.05, 0) is 47.9 Å². The highest BCUT2D eigenvalue weighted by molar-refractivity contribution is 6.31. The van der Waals surface area contributed by atoms with E-state index in [1.165, 1.54) is 13.2 Å². The molecule has 0 saturated carbocycles. The highest BCUT2D eigenvalue weighted by atomic mass is 35.5. The minimum absolute atomic E-state index is 0.0506. The summed E-state index contributed by atoms with van der Waals surface area (Å²) in [7, 11) is 3.09. The quantitative estimate of drug-likeness (QED) is 0.390. The zero-order chi connectivity index (χ0) is 23.1. The monoisotopic (exact) mass is 460 g/mol. The lowest BCUT2D eigenvalue weighted by atomic mass is 10.0. The zero-order valence-corrected chi connectivity index (χ0v) is 18.7. The molecule has 0 unspecified atom stereocenters. The average Bonchev–Trinajstić information content (AvgIpc) is 3.24. The van der Waals surface area contributed by atoms with Crippen molar-refractivity contribution in [2.75, 3.05) is 25.7 Å². The molecule has 0 radical (unpaired) electrons. The molecule has 4 aromatic rings. The number of nitrogens with zero attached hydrogens (tertiary/aromatic N) is 4. The summed E-state index contributed by atoms with van der Waals surface area (Å²) in [5, 5.41) is 10.7. The Balaban J connectivity index is 1.71. The van der Waals surface area contributed by atoms with Crippen LogP contribution in [-0.2, 0) is 6.42 Å². The summed E-state index contributed by atoms with van der Waals surface area (Å²) < 4.78 is 24.7. The van der Waals surface area contributed by atoms with Gasteiger partial charge >= 0.3 is 0 Å². The Morgan fingerprint density at radius 2 is 1.91 bits per heavy atom. The van der Waals surface area contributed by atoms with E-state index in [0.717, 1.165) is 39.0 Å². The molecule has 8 heteroatoms. The molecule has 0 amide bonds. The van der Waals surface area contributed by atoms with Gasteiger partial charge in [0.2, 0.25) is 0 Å². The largest absolute Gasteiger partial charge is 0.491 e. The van der Waals surface area contributed by atoms with Gasteiger partial charge in [-0.25, -0.2) is 9.37 Å². The molecular formula is C25H18ClFN4O2. The Labute approximate surface area is 194 Å². The van der Waals surface area contributed by atoms with Crippen molar-refractivity contribution >= 4 is 33.9 Å². The molecule has 33 heavy (non-hydrogen) atoms. The first kappa shape index (κ1) is 21.0. The van der Waals surface area contributed by atoms with Crippen LogP contribution in [0, 0.1) is 17.1 Å². The lowest BCUT2D eigenvalue weighted by Gasteiger charge is -2.23. The van der Waals surface area contributed by atoms with E-state index in [4.69, 9.17) is 21.1 Å². The first-order valence-corrected chi connectivity index (χ1v) is 10.6. The van der Waals surface area contributed by atoms with Crippen molar-refractivity contribution in [1.29, 1.82) is 5.26 Å². The molecule has 0 fully saturated rings. The van der Waals surface area contributed by atoms with Crippen LogP contribution in [0.2, 0.25) is 5.02 Å². The fourth-order valence-electron chi connectivity index (χ4n) is 4.23. The fraction of sp³-hybridized carbons (Fsp3) is 0.160. The van der Waals surface area contributed by atoms with Gasteiger partial charge in [0.25, 0.3) is 5.88 Å². The molecule has 0 aliphatic carbocycles. The van der Waals surface area contributed by atoms with E-state index < -0.39 is 5.82 Å². The molecule has 0 bridgehead atoms. The van der Waals surface area contributed by atoms with Crippen molar-refractivity contribution in [3.05, 3.63) is 70.8 Å². The molecule has 164 valence electrons. The maximum absolute atomic E-state index is 14.0. The minimum Gasteiger partial charge on any atom is -0.491 e. The molecule has 0 N–H and O–H groups in total. The summed E-state index contributed by atoms with van der Waals surface area (Å²) in [4.78, 5) is 10.8. The van der Waals surface area contributed by atoms with Gasteiger partial charge in [-0.1, -0.05) is 17.7 Å². The second-order valence-corrected chi connectivity index (χ2v) is 8.00. The van der Waals surface area contributed by atoms with E-state index in [9.17, 15) is 9.65 Å². The molecule has 1 aliphatic rings. The molecule has 2 aromatic heterocycles. The molecule has 6 nitrogen and oxygen atoms in total. The third-order valence-electron chi connectivity index (χ3n) is 5.81. The van der Waals surface area contributed by atoms with Gasteiger partial charge in [0.15, 0.2) is 5.75 Å². The Morgan fingerprint density at radius 1 is 1.06 bits per heavy atom. The minimum atomic E-state index is -0.444. The van der Waals surface area contributed by atoms with Crippen LogP contribution in [0.4, 0.5) is 15.8 Å². The summed E-state index contributed by atoms with van der Waals surface area (Å²) in [5.41, 5.74) is 5.25. The smallest absolute Gasteiger partial charge is 0.256 e. The third-order valence-corrected chi connectivity index (χ3v) is 6.10. The number of methoxy groups -OCH3 is 2. The molecule has 2 aromatic carbocycles. The van der Waals surface area contributed by atoms with E-state index in [-0.39, 0.29) is 5.02 Å². The van der Waals surface area contributed by atoms with Crippen molar-refractivity contribution < 1.29 is 13.9 Å². The summed E-state index contributed by atoms with van der Waals surface area (Å²) in [6.45, 7) is 0.602. The maximum Gasteiger partial charge on any atom is 0.256 e. The van der Waals surface area contributed by atoms with Crippen LogP contribution in [0.15, 0.2) is 48.8 Å². The van der Waals surface area contributed by atoms with E-state index >= 15 is 0 Å². The fourth-order valence-corrected chi connectivity index (χ4v) is 4.39. The van der Waals surface area contributed by atoms with Crippen molar-refractivity contribution in [3.63, 3.8) is 0 Å². The first-order chi connectivity index (χ1) is 16.0. The van der Waals surface area contributed by atoms with Crippen LogP contribution in [0.25, 0.3) is 22.0 Å². The lowest BCUT2D eigenvalue weighted by Crippen LogP contribution is -2.15. The molecule has 0 atom stereocenters. The number of hydrogen-bond donors (Lipinski definition) is 0. The Bertz CT molecular complexity index is 1450. The van der Waals surface area contributed by atoms with E-state index in [2.05, 4.69) is 16.0 Å². The van der Waals surface area contributed by atoms with E-state index in [0.29, 0.717) is 30.2 Å². The van der Waals surface area contributed by atoms with Gasteiger partial charge in [-0.2, -0.15) is 5.26 Å². The highest BCUT2D eigenvalue weighted by Gasteiger charge is 2.26. The number of aromatic nitrogens is 2. The average molecular weight is 461 g/mol. The molecule has 1 aliphatic heterocycles. The topological polar surface area (TPSA) is 71.3 Å². The molecule has 5 rings (SSSR count). The number of hydrogen-bond acceptors (Lipinski definition) is 6. The first-order valence-electron chi connectivity index (χ1n) is 10.2. The number of halogens is 2. The lowest BCUT2D eigenvalue weighted by molar-refractivity contribution is 0.343. The van der Waals surface area contributed by atoms with Crippen LogP contribution < -0.4 is 14.4 Å². The Kier molecular flexibility index (Phi) is 5.23. The SMILES string of the molecule is COc1cc(-c2ccc3ncc(C#N)c(N4CCc5cc(F)c(Cl)cc54)c3c2)cnc1OC. The predicted molar refractivity (Wildman–Crippen MR) is 125 cm³/mol. The van der Waals surface area contributed by atoms with Gasteiger partial charge in [-0.15, -0.1) is 0 Å². The Morgan fingerprint density at radius 3 is 2.67 bits per heavy atom. The highest BCUT2D eigenvalue weighted by Crippen LogP contribution is 2.42. The van der Waals surface area contributed by atoms with E-state index in [1.807, 2.05) is 29.2 Å². The number of pyridine rings is 2. The molecule has 0 spiro atoms. The number of benzene rings is 2. The van der Waals surface area contributed by atoms with Gasteiger partial charge < -0.3 is 14.4 Å². The molecule has 3 heterocycles. The van der Waals surface area contributed by atoms with Crippen molar-refractivity contribution in [2.24, 2.45) is 0 Å². The second-order valence-electron chi connectivity index (χ2n) is 7.60. The zero-order valence-electron chi connectivity index (χ0n) is 17.9. The van der Waals surface area contributed by atoms with Crippen LogP contribution in [0.1, 0.15) is 11.1 Å². The maximum atomic E-state index is 14.0. The van der Waals surface area contributed by atoms with Crippen molar-refractivity contribution in [3.8, 4) is 28.8 Å². The predicted octanol–water partition coefficient (Wildman–Crippen LogP) is 5.67. The number of ether oxygens (including phenoxy) is 2. The summed E-state index contributed by atoms with van der Waals surface area (Å²) >= 11 is 6.09. The molecular weight excluding hydrogens is 443 g/mol. The molecule has 0 saturated heterocycles. The third kappa shape index (κ3) is 3.49. The second kappa shape index (κ2) is 8.23. The standard InChI is InChI=1S/C25H18ClFN4O2/c1-32-23-9-16(12-30-25(23)33-2)14-3-4-21-18(7-14)24(17(11-28)13-29-21)31-6-5-15-8-20(27)19(26)10-22(15)31/h3-4,7-10,12-13H,5-6H2,1-2H3. The van der Waals surface area contributed by atoms with E-state index in [1.54, 1.807) is 25.6 Å². The van der Waals surface area contributed by atoms with Gasteiger partial charge in [0, 0.05) is 35.6 Å². The summed E-state index contributed by atoms with van der Waals surface area (Å²) in [6, 6.07) is 13.0. The van der Waals surface area contributed by atoms with Crippen molar-refractivity contribution in [1.82, 2.24) is 9.97 Å². The Hall–Kier alpha value is -3.89. The van der Waals surface area contributed by atoms with Crippen LogP contribution >= 0.6 is 11.6 Å². The summed E-state index contributed by atoms with van der Waals surface area (Å²) in [5.74, 6) is 0.471. The summed E-state index contributed by atoms with van der Waals surface area (Å²) in [6.07, 6.45) is 3.92. The van der Waals surface area contributed by atoms with Gasteiger partial charge in [-0.3, -0.25) is 4.98 Å².